The minimum absolute atomic E-state index is 0.0525. The Morgan fingerprint density at radius 1 is 1.11 bits per heavy atom. The molecule has 0 saturated heterocycles. The van der Waals surface area contributed by atoms with Crippen LogP contribution in [0.25, 0.3) is 0 Å². The molecule has 0 aliphatic heterocycles. The van der Waals surface area contributed by atoms with E-state index in [9.17, 15) is 14.0 Å². The van der Waals surface area contributed by atoms with Crippen molar-refractivity contribution in [3.05, 3.63) is 59.4 Å². The second kappa shape index (κ2) is 9.92. The van der Waals surface area contributed by atoms with E-state index in [2.05, 4.69) is 15.3 Å². The van der Waals surface area contributed by atoms with Gasteiger partial charge in [-0.15, -0.1) is 0 Å². The first kappa shape index (κ1) is 21.5. The lowest BCUT2D eigenvalue weighted by Gasteiger charge is -2.23. The van der Waals surface area contributed by atoms with Crippen LogP contribution >= 0.6 is 0 Å². The fourth-order valence-corrected chi connectivity index (χ4v) is 2.46. The van der Waals surface area contributed by atoms with Gasteiger partial charge in [-0.2, -0.15) is 0 Å². The van der Waals surface area contributed by atoms with Crippen molar-refractivity contribution in [3.63, 3.8) is 0 Å². The third-order valence-corrected chi connectivity index (χ3v) is 4.57. The molecule has 0 fully saturated rings. The zero-order valence-corrected chi connectivity index (χ0v) is 16.8. The zero-order valence-electron chi connectivity index (χ0n) is 16.8. The lowest BCUT2D eigenvalue weighted by molar-refractivity contribution is -0.122. The van der Waals surface area contributed by atoms with E-state index in [1.165, 1.54) is 29.4 Å². The molecule has 6 nitrogen and oxygen atoms in total. The highest BCUT2D eigenvalue weighted by molar-refractivity contribution is 5.92. The van der Waals surface area contributed by atoms with E-state index in [1.807, 2.05) is 20.8 Å². The van der Waals surface area contributed by atoms with Gasteiger partial charge in [-0.25, -0.2) is 9.37 Å². The SMILES string of the molecule is Cc1cnc(C(=O)N(CCC(=O)NC(C)C(C)C)Cc2ccc(F)cc2)cn1. The Balaban J connectivity index is 2.11. The number of hydrogen-bond acceptors (Lipinski definition) is 4. The van der Waals surface area contributed by atoms with Gasteiger partial charge in [-0.1, -0.05) is 26.0 Å². The maximum atomic E-state index is 13.2. The van der Waals surface area contributed by atoms with Crippen molar-refractivity contribution < 1.29 is 14.0 Å². The minimum atomic E-state index is -0.340. The van der Waals surface area contributed by atoms with E-state index in [0.717, 1.165) is 5.56 Å². The average Bonchev–Trinajstić information content (AvgIpc) is 2.66. The number of carbonyl (C=O) groups excluding carboxylic acids is 2. The van der Waals surface area contributed by atoms with Crippen LogP contribution < -0.4 is 5.32 Å². The molecule has 1 aromatic heterocycles. The number of carbonyl (C=O) groups is 2. The second-order valence-electron chi connectivity index (χ2n) is 7.25. The molecular weight excluding hydrogens is 359 g/mol. The maximum absolute atomic E-state index is 13.2. The van der Waals surface area contributed by atoms with Crippen LogP contribution in [0.4, 0.5) is 4.39 Å². The molecule has 0 aliphatic rings. The van der Waals surface area contributed by atoms with Gasteiger partial charge in [0.1, 0.15) is 11.5 Å². The van der Waals surface area contributed by atoms with Gasteiger partial charge in [0, 0.05) is 31.7 Å². The zero-order chi connectivity index (χ0) is 20.7. The molecule has 0 bridgehead atoms. The van der Waals surface area contributed by atoms with Crippen LogP contribution in [-0.2, 0) is 11.3 Å². The van der Waals surface area contributed by atoms with Crippen LogP contribution in [0.3, 0.4) is 0 Å². The van der Waals surface area contributed by atoms with Gasteiger partial charge in [0.05, 0.1) is 11.9 Å². The molecule has 1 unspecified atom stereocenters. The Kier molecular flexibility index (Phi) is 7.61. The monoisotopic (exact) mass is 386 g/mol. The normalized spacial score (nSPS) is 11.9. The van der Waals surface area contributed by atoms with Gasteiger partial charge < -0.3 is 10.2 Å². The first-order chi connectivity index (χ1) is 13.3. The highest BCUT2D eigenvalue weighted by atomic mass is 19.1. The summed E-state index contributed by atoms with van der Waals surface area (Å²) in [4.78, 5) is 34.9. The largest absolute Gasteiger partial charge is 0.353 e. The topological polar surface area (TPSA) is 75.2 Å². The lowest BCUT2D eigenvalue weighted by Crippen LogP contribution is -2.39. The quantitative estimate of drug-likeness (QED) is 0.756. The summed E-state index contributed by atoms with van der Waals surface area (Å²) in [5.41, 5.74) is 1.69. The van der Waals surface area contributed by atoms with E-state index in [4.69, 9.17) is 0 Å². The second-order valence-corrected chi connectivity index (χ2v) is 7.25. The summed E-state index contributed by atoms with van der Waals surface area (Å²) in [6.07, 6.45) is 3.12. The summed E-state index contributed by atoms with van der Waals surface area (Å²) < 4.78 is 13.2. The van der Waals surface area contributed by atoms with Crippen LogP contribution in [0.15, 0.2) is 36.7 Å². The van der Waals surface area contributed by atoms with Crippen molar-refractivity contribution in [2.75, 3.05) is 6.54 Å². The van der Waals surface area contributed by atoms with Gasteiger partial charge in [0.25, 0.3) is 5.91 Å². The number of aryl methyl sites for hydroxylation is 1. The number of aromatic nitrogens is 2. The van der Waals surface area contributed by atoms with E-state index >= 15 is 0 Å². The molecule has 2 rings (SSSR count). The Morgan fingerprint density at radius 2 is 1.79 bits per heavy atom. The molecule has 28 heavy (non-hydrogen) atoms. The predicted octanol–water partition coefficient (Wildman–Crippen LogP) is 3.12. The smallest absolute Gasteiger partial charge is 0.274 e. The number of rotatable bonds is 8. The molecule has 0 saturated carbocycles. The molecule has 1 heterocycles. The number of halogens is 1. The third kappa shape index (κ3) is 6.40. The van der Waals surface area contributed by atoms with E-state index < -0.39 is 0 Å². The van der Waals surface area contributed by atoms with Crippen LogP contribution in [0.1, 0.15) is 48.9 Å². The number of hydrogen-bond donors (Lipinski definition) is 1. The lowest BCUT2D eigenvalue weighted by atomic mass is 10.1. The molecule has 2 aromatic rings. The molecule has 1 aromatic carbocycles. The number of nitrogens with zero attached hydrogens (tertiary/aromatic N) is 3. The number of nitrogens with one attached hydrogen (secondary N) is 1. The van der Waals surface area contributed by atoms with Crippen LogP contribution in [0.2, 0.25) is 0 Å². The van der Waals surface area contributed by atoms with Crippen LogP contribution in [-0.4, -0.2) is 39.3 Å². The highest BCUT2D eigenvalue weighted by Gasteiger charge is 2.20. The van der Waals surface area contributed by atoms with Gasteiger partial charge in [0.15, 0.2) is 0 Å². The van der Waals surface area contributed by atoms with E-state index in [0.29, 0.717) is 11.6 Å². The van der Waals surface area contributed by atoms with Crippen molar-refractivity contribution in [3.8, 4) is 0 Å². The molecule has 0 spiro atoms. The van der Waals surface area contributed by atoms with Gasteiger partial charge in [-0.05, 0) is 37.5 Å². The molecule has 7 heteroatoms. The summed E-state index contributed by atoms with van der Waals surface area (Å²) in [5.74, 6) is -0.452. The Morgan fingerprint density at radius 3 is 2.36 bits per heavy atom. The minimum Gasteiger partial charge on any atom is -0.353 e. The van der Waals surface area contributed by atoms with Crippen molar-refractivity contribution in [1.29, 1.82) is 0 Å². The van der Waals surface area contributed by atoms with Gasteiger partial charge in [-0.3, -0.25) is 14.6 Å². The standard InChI is InChI=1S/C21H27FN4O2/c1-14(2)16(4)25-20(27)9-10-26(13-17-5-7-18(22)8-6-17)21(28)19-12-23-15(3)11-24-19/h5-8,11-12,14,16H,9-10,13H2,1-4H3,(H,25,27). The molecule has 150 valence electrons. The van der Waals surface area contributed by atoms with Crippen molar-refractivity contribution in [2.45, 2.75) is 46.7 Å². The molecule has 1 atom stereocenters. The number of amides is 2. The molecular formula is C21H27FN4O2. The number of benzene rings is 1. The van der Waals surface area contributed by atoms with Crippen molar-refractivity contribution >= 4 is 11.8 Å². The van der Waals surface area contributed by atoms with E-state index in [1.54, 1.807) is 19.1 Å². The Labute approximate surface area is 165 Å². The molecule has 1 N–H and O–H groups in total. The molecule has 0 aliphatic carbocycles. The van der Waals surface area contributed by atoms with Crippen molar-refractivity contribution in [1.82, 2.24) is 20.2 Å². The summed E-state index contributed by atoms with van der Waals surface area (Å²) in [6, 6.07) is 5.99. The van der Waals surface area contributed by atoms with E-state index in [-0.39, 0.29) is 48.9 Å². The first-order valence-electron chi connectivity index (χ1n) is 9.38. The predicted molar refractivity (Wildman–Crippen MR) is 105 cm³/mol. The summed E-state index contributed by atoms with van der Waals surface area (Å²) >= 11 is 0. The summed E-state index contributed by atoms with van der Waals surface area (Å²) in [5, 5.41) is 2.94. The fraction of sp³-hybridized carbons (Fsp3) is 0.429. The Hall–Kier alpha value is -2.83. The summed E-state index contributed by atoms with van der Waals surface area (Å²) in [6.45, 7) is 8.28. The third-order valence-electron chi connectivity index (χ3n) is 4.57. The van der Waals surface area contributed by atoms with Crippen LogP contribution in [0.5, 0.6) is 0 Å². The Bertz CT molecular complexity index is 791. The highest BCUT2D eigenvalue weighted by Crippen LogP contribution is 2.11. The maximum Gasteiger partial charge on any atom is 0.274 e. The van der Waals surface area contributed by atoms with Gasteiger partial charge >= 0.3 is 0 Å². The molecule has 0 radical (unpaired) electrons. The average molecular weight is 386 g/mol. The summed E-state index contributed by atoms with van der Waals surface area (Å²) in [7, 11) is 0. The molecule has 2 amide bonds. The van der Waals surface area contributed by atoms with Gasteiger partial charge in [0.2, 0.25) is 5.91 Å². The van der Waals surface area contributed by atoms with Crippen molar-refractivity contribution in [2.24, 2.45) is 5.92 Å². The fourth-order valence-electron chi connectivity index (χ4n) is 2.46. The van der Waals surface area contributed by atoms with Crippen LogP contribution in [0, 0.1) is 18.7 Å². The first-order valence-corrected chi connectivity index (χ1v) is 9.38.